The molecule has 0 aromatic rings. The molecule has 12 heavy (non-hydrogen) atoms. The van der Waals surface area contributed by atoms with Gasteiger partial charge < -0.3 is 0 Å². The Hall–Kier alpha value is -0.410. The molecular weight excluding hydrogens is 152 g/mol. The van der Waals surface area contributed by atoms with E-state index in [2.05, 4.69) is 11.7 Å². The Balaban J connectivity index is 2.95. The minimum atomic E-state index is -0.398. The summed E-state index contributed by atoms with van der Waals surface area (Å²) in [6.07, 6.45) is 0.799. The van der Waals surface area contributed by atoms with Crippen LogP contribution in [-0.2, 0) is 5.21 Å². The number of aliphatic imine (C=N–C) groups is 1. The molecule has 0 bridgehead atoms. The van der Waals surface area contributed by atoms with Crippen molar-refractivity contribution in [3.63, 3.8) is 0 Å². The van der Waals surface area contributed by atoms with E-state index in [9.17, 15) is 5.21 Å². The molecule has 0 spiro atoms. The van der Waals surface area contributed by atoms with Gasteiger partial charge in [-0.1, -0.05) is 0 Å². The quantitative estimate of drug-likeness (QED) is 0.550. The molecule has 3 nitrogen and oxygen atoms in total. The first kappa shape index (κ1) is 9.68. The van der Waals surface area contributed by atoms with E-state index in [1.165, 1.54) is 0 Å². The number of hydroxylamine groups is 2. The van der Waals surface area contributed by atoms with Gasteiger partial charge in [-0.15, -0.1) is 10.3 Å². The first-order chi connectivity index (χ1) is 5.32. The van der Waals surface area contributed by atoms with Crippen LogP contribution in [-0.4, -0.2) is 28.9 Å². The van der Waals surface area contributed by atoms with Gasteiger partial charge in [0.15, 0.2) is 0 Å². The Morgan fingerprint density at radius 1 is 1.42 bits per heavy atom. The van der Waals surface area contributed by atoms with Crippen LogP contribution in [0.5, 0.6) is 0 Å². The molecule has 1 aliphatic heterocycles. The van der Waals surface area contributed by atoms with Crippen LogP contribution in [0.4, 0.5) is 0 Å². The number of hydrogen-bond acceptors (Lipinski definition) is 2. The molecule has 1 saturated heterocycles. The molecule has 1 fully saturated rings. The summed E-state index contributed by atoms with van der Waals surface area (Å²) in [5.41, 5.74) is -0.694. The summed E-state index contributed by atoms with van der Waals surface area (Å²) in [4.78, 5) is 3.99. The maximum absolute atomic E-state index is 11.7. The second-order valence-electron chi connectivity index (χ2n) is 4.66. The molecule has 0 aromatic heterocycles. The highest BCUT2D eigenvalue weighted by Crippen LogP contribution is 2.40. The molecule has 1 atom stereocenters. The van der Waals surface area contributed by atoms with Gasteiger partial charge in [0.1, 0.15) is 0 Å². The number of hydrogen-bond donors (Lipinski definition) is 0. The van der Waals surface area contributed by atoms with E-state index < -0.39 is 5.54 Å². The van der Waals surface area contributed by atoms with Crippen LogP contribution >= 0.6 is 0 Å². The fourth-order valence-corrected chi connectivity index (χ4v) is 2.01. The second-order valence-corrected chi connectivity index (χ2v) is 4.66. The van der Waals surface area contributed by atoms with E-state index in [4.69, 9.17) is 0 Å². The lowest BCUT2D eigenvalue weighted by atomic mass is 9.95. The van der Waals surface area contributed by atoms with Crippen molar-refractivity contribution < 1.29 is 5.21 Å². The van der Waals surface area contributed by atoms with Crippen LogP contribution in [0.1, 0.15) is 34.1 Å². The number of rotatable bonds is 1. The van der Waals surface area contributed by atoms with Crippen molar-refractivity contribution in [3.05, 3.63) is 0 Å². The Kier molecular flexibility index (Phi) is 2.05. The monoisotopic (exact) mass is 169 g/mol. The fraction of sp³-hybridized carbons (Fsp3) is 0.889. The van der Waals surface area contributed by atoms with E-state index >= 15 is 0 Å². The molecule has 1 heterocycles. The molecule has 0 N–H and O–H groups in total. The standard InChI is InChI=1S/C9H17N2O/c1-8(2)6-7(10-5)9(3,4)11(8)12/h7H,5-6H2,1-4H3. The highest BCUT2D eigenvalue weighted by molar-refractivity contribution is 5.26. The minimum absolute atomic E-state index is 0.0602. The van der Waals surface area contributed by atoms with Crippen LogP contribution in [0.3, 0.4) is 0 Å². The Morgan fingerprint density at radius 3 is 2.08 bits per heavy atom. The second kappa shape index (κ2) is 2.54. The first-order valence-electron chi connectivity index (χ1n) is 4.25. The van der Waals surface area contributed by atoms with Gasteiger partial charge in [0.05, 0.1) is 11.6 Å². The zero-order chi connectivity index (χ0) is 9.57. The summed E-state index contributed by atoms with van der Waals surface area (Å²) in [5, 5.41) is 12.9. The van der Waals surface area contributed by atoms with Crippen molar-refractivity contribution >= 4 is 6.72 Å². The van der Waals surface area contributed by atoms with Gasteiger partial charge in [-0.3, -0.25) is 4.99 Å². The molecule has 3 heteroatoms. The smallest absolute Gasteiger partial charge is 0.0713 e. The first-order valence-corrected chi connectivity index (χ1v) is 4.25. The maximum Gasteiger partial charge on any atom is 0.0713 e. The van der Waals surface area contributed by atoms with E-state index in [1.807, 2.05) is 27.7 Å². The lowest BCUT2D eigenvalue weighted by Gasteiger charge is -2.32. The van der Waals surface area contributed by atoms with Crippen LogP contribution in [0.2, 0.25) is 0 Å². The SMILES string of the molecule is C=NC1CC(C)(C)N([O])C1(C)C. The van der Waals surface area contributed by atoms with E-state index in [0.29, 0.717) is 0 Å². The summed E-state index contributed by atoms with van der Waals surface area (Å²) >= 11 is 0. The minimum Gasteiger partial charge on any atom is -0.296 e. The van der Waals surface area contributed by atoms with Gasteiger partial charge >= 0.3 is 0 Å². The maximum atomic E-state index is 11.7. The molecule has 0 aliphatic carbocycles. The molecule has 0 amide bonds. The topological polar surface area (TPSA) is 35.5 Å². The Morgan fingerprint density at radius 2 is 1.92 bits per heavy atom. The van der Waals surface area contributed by atoms with Crippen LogP contribution in [0, 0.1) is 0 Å². The molecule has 69 valence electrons. The average molecular weight is 169 g/mol. The van der Waals surface area contributed by atoms with Gasteiger partial charge in [-0.2, -0.15) is 0 Å². The Bertz CT molecular complexity index is 199. The average Bonchev–Trinajstić information content (AvgIpc) is 2.11. The molecular formula is C9H17N2O. The molecule has 0 saturated carbocycles. The van der Waals surface area contributed by atoms with Gasteiger partial charge in [0.2, 0.25) is 0 Å². The van der Waals surface area contributed by atoms with Gasteiger partial charge in [-0.25, -0.2) is 0 Å². The van der Waals surface area contributed by atoms with Crippen molar-refractivity contribution in [1.82, 2.24) is 5.06 Å². The summed E-state index contributed by atoms with van der Waals surface area (Å²) in [7, 11) is 0. The third-order valence-electron chi connectivity index (χ3n) is 2.80. The van der Waals surface area contributed by atoms with Crippen molar-refractivity contribution in [2.75, 3.05) is 0 Å². The van der Waals surface area contributed by atoms with Crippen molar-refractivity contribution in [1.29, 1.82) is 0 Å². The van der Waals surface area contributed by atoms with Gasteiger partial charge in [0.25, 0.3) is 0 Å². The summed E-state index contributed by atoms with van der Waals surface area (Å²) in [5.74, 6) is 0. The predicted octanol–water partition coefficient (Wildman–Crippen LogP) is 1.66. The zero-order valence-electron chi connectivity index (χ0n) is 8.29. The Labute approximate surface area is 74.1 Å². The molecule has 1 rings (SSSR count). The van der Waals surface area contributed by atoms with Gasteiger partial charge in [0, 0.05) is 5.54 Å². The van der Waals surface area contributed by atoms with E-state index in [-0.39, 0.29) is 11.6 Å². The summed E-state index contributed by atoms with van der Waals surface area (Å²) in [6, 6.07) is 0.0602. The van der Waals surface area contributed by atoms with Crippen LogP contribution < -0.4 is 0 Å². The highest BCUT2D eigenvalue weighted by atomic mass is 16.5. The van der Waals surface area contributed by atoms with Crippen molar-refractivity contribution in [2.45, 2.75) is 51.2 Å². The summed E-state index contributed by atoms with van der Waals surface area (Å²) < 4.78 is 0. The molecule has 1 radical (unpaired) electrons. The van der Waals surface area contributed by atoms with Crippen LogP contribution in [0.25, 0.3) is 0 Å². The zero-order valence-corrected chi connectivity index (χ0v) is 8.29. The normalized spacial score (nSPS) is 33.6. The molecule has 1 unspecified atom stereocenters. The molecule has 0 aromatic carbocycles. The predicted molar refractivity (Wildman–Crippen MR) is 48.6 cm³/mol. The van der Waals surface area contributed by atoms with Crippen LogP contribution in [0.15, 0.2) is 4.99 Å². The van der Waals surface area contributed by atoms with E-state index in [0.717, 1.165) is 11.5 Å². The summed E-state index contributed by atoms with van der Waals surface area (Å²) in [6.45, 7) is 11.3. The molecule has 1 aliphatic rings. The highest BCUT2D eigenvalue weighted by Gasteiger charge is 2.52. The van der Waals surface area contributed by atoms with Crippen molar-refractivity contribution in [3.8, 4) is 0 Å². The fourth-order valence-electron chi connectivity index (χ4n) is 2.01. The lowest BCUT2D eigenvalue weighted by molar-refractivity contribution is -0.245. The number of nitrogens with zero attached hydrogens (tertiary/aromatic N) is 2. The van der Waals surface area contributed by atoms with Gasteiger partial charge in [-0.05, 0) is 40.8 Å². The van der Waals surface area contributed by atoms with E-state index in [1.54, 1.807) is 0 Å². The third-order valence-corrected chi connectivity index (χ3v) is 2.80. The largest absolute Gasteiger partial charge is 0.296 e. The van der Waals surface area contributed by atoms with Crippen molar-refractivity contribution in [2.24, 2.45) is 4.99 Å². The third kappa shape index (κ3) is 1.17. The lowest BCUT2D eigenvalue weighted by Crippen LogP contribution is -2.47.